The van der Waals surface area contributed by atoms with Gasteiger partial charge in [0.15, 0.2) is 0 Å². The molecule has 0 aliphatic heterocycles. The molecule has 1 rings (SSSR count). The number of hydrogen-bond donors (Lipinski definition) is 3. The summed E-state index contributed by atoms with van der Waals surface area (Å²) in [5.41, 5.74) is 6.55. The van der Waals surface area contributed by atoms with Crippen molar-refractivity contribution >= 4 is 27.3 Å². The van der Waals surface area contributed by atoms with E-state index >= 15 is 0 Å². The van der Waals surface area contributed by atoms with E-state index in [1.165, 1.54) is 39.3 Å². The van der Waals surface area contributed by atoms with Gasteiger partial charge in [0.05, 0.1) is 22.8 Å². The topological polar surface area (TPSA) is 105 Å². The van der Waals surface area contributed by atoms with Crippen LogP contribution in [0.4, 0.5) is 11.4 Å². The lowest BCUT2D eigenvalue weighted by molar-refractivity contribution is -0.118. The normalized spacial score (nSPS) is 11.4. The maximum atomic E-state index is 11.9. The second-order valence-corrected chi connectivity index (χ2v) is 6.22. The van der Waals surface area contributed by atoms with E-state index in [0.717, 1.165) is 4.31 Å². The fraction of sp³-hybridized carbons (Fsp3) is 0.364. The summed E-state index contributed by atoms with van der Waals surface area (Å²) in [4.78, 5) is 11.2. The summed E-state index contributed by atoms with van der Waals surface area (Å²) in [6, 6.07) is 4.34. The Balaban J connectivity index is 2.95. The standard InChI is InChI=1S/C11H18N4O3S/c1-13-11(16)7-14-10-5-4-8(6-9(10)12)19(17,18)15(2)3/h4-6,14H,7,12H2,1-3H3,(H,13,16). The van der Waals surface area contributed by atoms with Crippen LogP contribution in [0.15, 0.2) is 23.1 Å². The summed E-state index contributed by atoms with van der Waals surface area (Å²) < 4.78 is 24.9. The summed E-state index contributed by atoms with van der Waals surface area (Å²) in [6.45, 7) is 0.0699. The number of nitrogens with one attached hydrogen (secondary N) is 2. The molecule has 0 aliphatic carbocycles. The summed E-state index contributed by atoms with van der Waals surface area (Å²) in [7, 11) is 0.917. The molecule has 0 saturated carbocycles. The van der Waals surface area contributed by atoms with Gasteiger partial charge < -0.3 is 16.4 Å². The molecule has 4 N–H and O–H groups in total. The number of hydrogen-bond acceptors (Lipinski definition) is 5. The van der Waals surface area contributed by atoms with Crippen LogP contribution in [0.2, 0.25) is 0 Å². The lowest BCUT2D eigenvalue weighted by atomic mass is 10.2. The highest BCUT2D eigenvalue weighted by Crippen LogP contribution is 2.23. The number of carbonyl (C=O) groups excluding carboxylic acids is 1. The molecular weight excluding hydrogens is 268 g/mol. The zero-order chi connectivity index (χ0) is 14.6. The lowest BCUT2D eigenvalue weighted by Gasteiger charge is -2.14. The van der Waals surface area contributed by atoms with Crippen molar-refractivity contribution in [2.75, 3.05) is 38.7 Å². The Hall–Kier alpha value is -1.80. The number of carbonyl (C=O) groups is 1. The quantitative estimate of drug-likeness (QED) is 0.643. The number of nitrogens with zero attached hydrogens (tertiary/aromatic N) is 1. The van der Waals surface area contributed by atoms with Crippen molar-refractivity contribution in [3.63, 3.8) is 0 Å². The number of amides is 1. The molecule has 0 radical (unpaired) electrons. The van der Waals surface area contributed by atoms with Crippen molar-refractivity contribution < 1.29 is 13.2 Å². The minimum atomic E-state index is -3.51. The van der Waals surface area contributed by atoms with Gasteiger partial charge in [0, 0.05) is 21.1 Å². The fourth-order valence-electron chi connectivity index (χ4n) is 1.34. The van der Waals surface area contributed by atoms with Crippen LogP contribution in [0.1, 0.15) is 0 Å². The molecule has 0 atom stereocenters. The van der Waals surface area contributed by atoms with Crippen LogP contribution in [0, 0.1) is 0 Å². The van der Waals surface area contributed by atoms with Crippen molar-refractivity contribution in [3.8, 4) is 0 Å². The van der Waals surface area contributed by atoms with E-state index < -0.39 is 10.0 Å². The van der Waals surface area contributed by atoms with Crippen molar-refractivity contribution in [2.24, 2.45) is 0 Å². The molecular formula is C11H18N4O3S. The second kappa shape index (κ2) is 5.89. The van der Waals surface area contributed by atoms with Gasteiger partial charge in [-0.05, 0) is 18.2 Å². The summed E-state index contributed by atoms with van der Waals surface area (Å²) in [5, 5.41) is 5.29. The summed E-state index contributed by atoms with van der Waals surface area (Å²) in [5.74, 6) is -0.190. The zero-order valence-corrected chi connectivity index (χ0v) is 11.9. The summed E-state index contributed by atoms with van der Waals surface area (Å²) >= 11 is 0. The number of anilines is 2. The Morgan fingerprint density at radius 3 is 2.47 bits per heavy atom. The first-order valence-electron chi connectivity index (χ1n) is 5.55. The van der Waals surface area contributed by atoms with Crippen LogP contribution in [-0.2, 0) is 14.8 Å². The first-order chi connectivity index (χ1) is 8.78. The van der Waals surface area contributed by atoms with Gasteiger partial charge in [-0.15, -0.1) is 0 Å². The van der Waals surface area contributed by atoms with E-state index in [1.54, 1.807) is 0 Å². The van der Waals surface area contributed by atoms with Gasteiger partial charge in [-0.2, -0.15) is 0 Å². The Morgan fingerprint density at radius 1 is 1.37 bits per heavy atom. The summed E-state index contributed by atoms with van der Waals surface area (Å²) in [6.07, 6.45) is 0. The van der Waals surface area contributed by atoms with Gasteiger partial charge in [-0.25, -0.2) is 12.7 Å². The number of nitrogen functional groups attached to an aromatic ring is 1. The molecule has 19 heavy (non-hydrogen) atoms. The van der Waals surface area contributed by atoms with Crippen LogP contribution < -0.4 is 16.4 Å². The predicted molar refractivity (Wildman–Crippen MR) is 74.3 cm³/mol. The number of likely N-dealkylation sites (N-methyl/N-ethyl adjacent to an activating group) is 1. The minimum absolute atomic E-state index is 0.0699. The Bertz CT molecular complexity index is 569. The third kappa shape index (κ3) is 3.58. The maximum Gasteiger partial charge on any atom is 0.242 e. The maximum absolute atomic E-state index is 11.9. The molecule has 0 bridgehead atoms. The molecule has 0 aliphatic rings. The van der Waals surface area contributed by atoms with Gasteiger partial charge in [0.2, 0.25) is 15.9 Å². The molecule has 0 unspecified atom stereocenters. The molecule has 0 heterocycles. The molecule has 1 aromatic rings. The third-order valence-electron chi connectivity index (χ3n) is 2.52. The van der Waals surface area contributed by atoms with E-state index in [0.29, 0.717) is 5.69 Å². The highest BCUT2D eigenvalue weighted by atomic mass is 32.2. The molecule has 106 valence electrons. The van der Waals surface area contributed by atoms with E-state index in [-0.39, 0.29) is 23.0 Å². The van der Waals surface area contributed by atoms with E-state index in [2.05, 4.69) is 10.6 Å². The van der Waals surface area contributed by atoms with Gasteiger partial charge in [-0.3, -0.25) is 4.79 Å². The zero-order valence-electron chi connectivity index (χ0n) is 11.1. The van der Waals surface area contributed by atoms with Gasteiger partial charge in [0.25, 0.3) is 0 Å². The molecule has 0 fully saturated rings. The van der Waals surface area contributed by atoms with Crippen molar-refractivity contribution in [2.45, 2.75) is 4.90 Å². The minimum Gasteiger partial charge on any atom is -0.397 e. The Morgan fingerprint density at radius 2 is 2.00 bits per heavy atom. The lowest BCUT2D eigenvalue weighted by Crippen LogP contribution is -2.26. The Kier molecular flexibility index (Phi) is 4.73. The number of nitrogens with two attached hydrogens (primary N) is 1. The van der Waals surface area contributed by atoms with Crippen LogP contribution in [0.25, 0.3) is 0 Å². The van der Waals surface area contributed by atoms with Crippen LogP contribution >= 0.6 is 0 Å². The van der Waals surface area contributed by atoms with Crippen LogP contribution in [0.3, 0.4) is 0 Å². The van der Waals surface area contributed by atoms with Gasteiger partial charge >= 0.3 is 0 Å². The van der Waals surface area contributed by atoms with E-state index in [9.17, 15) is 13.2 Å². The smallest absolute Gasteiger partial charge is 0.242 e. The first kappa shape index (κ1) is 15.3. The molecule has 8 heteroatoms. The van der Waals surface area contributed by atoms with E-state index in [1.807, 2.05) is 0 Å². The number of benzene rings is 1. The van der Waals surface area contributed by atoms with Gasteiger partial charge in [-0.1, -0.05) is 0 Å². The highest BCUT2D eigenvalue weighted by Gasteiger charge is 2.18. The van der Waals surface area contributed by atoms with Crippen molar-refractivity contribution in [3.05, 3.63) is 18.2 Å². The Labute approximate surface area is 112 Å². The molecule has 7 nitrogen and oxygen atoms in total. The third-order valence-corrected chi connectivity index (χ3v) is 4.33. The largest absolute Gasteiger partial charge is 0.397 e. The van der Waals surface area contributed by atoms with E-state index in [4.69, 9.17) is 5.73 Å². The van der Waals surface area contributed by atoms with Gasteiger partial charge in [0.1, 0.15) is 0 Å². The highest BCUT2D eigenvalue weighted by molar-refractivity contribution is 7.89. The molecule has 0 spiro atoms. The first-order valence-corrected chi connectivity index (χ1v) is 6.99. The van der Waals surface area contributed by atoms with Crippen molar-refractivity contribution in [1.82, 2.24) is 9.62 Å². The van der Waals surface area contributed by atoms with Crippen LogP contribution in [-0.4, -0.2) is 46.3 Å². The number of sulfonamides is 1. The SMILES string of the molecule is CNC(=O)CNc1ccc(S(=O)(=O)N(C)C)cc1N. The second-order valence-electron chi connectivity index (χ2n) is 4.06. The van der Waals surface area contributed by atoms with Crippen LogP contribution in [0.5, 0.6) is 0 Å². The molecule has 0 saturated heterocycles. The van der Waals surface area contributed by atoms with Crippen molar-refractivity contribution in [1.29, 1.82) is 0 Å². The number of rotatable bonds is 5. The monoisotopic (exact) mass is 286 g/mol. The molecule has 0 aromatic heterocycles. The molecule has 1 amide bonds. The predicted octanol–water partition coefficient (Wildman–Crippen LogP) is -0.323. The molecule has 1 aromatic carbocycles. The average Bonchev–Trinajstić information content (AvgIpc) is 2.36. The fourth-order valence-corrected chi connectivity index (χ4v) is 2.27. The average molecular weight is 286 g/mol.